The van der Waals surface area contributed by atoms with E-state index >= 15 is 0 Å². The Bertz CT molecular complexity index is 90.6. The second-order valence-electron chi connectivity index (χ2n) is 3.27. The van der Waals surface area contributed by atoms with E-state index in [1.807, 2.05) is 0 Å². The van der Waals surface area contributed by atoms with Gasteiger partial charge in [0, 0.05) is 5.25 Å². The standard InChI is InChI=1S/C8H16S/c1-3-7-5-8(9)4-6(7)2/h6-9H,3-5H2,1-2H3/t6?,7-,8?/m1/s1. The minimum atomic E-state index is 0.699. The van der Waals surface area contributed by atoms with Gasteiger partial charge in [-0.1, -0.05) is 20.3 Å². The molecule has 3 atom stereocenters. The fourth-order valence-corrected chi connectivity index (χ4v) is 2.47. The Kier molecular flexibility index (Phi) is 2.45. The zero-order valence-corrected chi connectivity index (χ0v) is 7.20. The van der Waals surface area contributed by atoms with E-state index in [0.717, 1.165) is 11.8 Å². The van der Waals surface area contributed by atoms with E-state index in [2.05, 4.69) is 26.5 Å². The molecule has 2 unspecified atom stereocenters. The van der Waals surface area contributed by atoms with E-state index in [-0.39, 0.29) is 0 Å². The van der Waals surface area contributed by atoms with Crippen molar-refractivity contribution in [3.63, 3.8) is 0 Å². The lowest BCUT2D eigenvalue weighted by atomic mass is 9.96. The molecule has 0 aromatic heterocycles. The Balaban J connectivity index is 2.38. The predicted molar refractivity (Wildman–Crippen MR) is 45.0 cm³/mol. The van der Waals surface area contributed by atoms with Gasteiger partial charge in [0.2, 0.25) is 0 Å². The SMILES string of the molecule is CC[C@@H]1CC(S)CC1C. The molecule has 0 bridgehead atoms. The average molecular weight is 144 g/mol. The van der Waals surface area contributed by atoms with Crippen molar-refractivity contribution in [1.29, 1.82) is 0 Å². The lowest BCUT2D eigenvalue weighted by Gasteiger charge is -2.10. The van der Waals surface area contributed by atoms with E-state index in [4.69, 9.17) is 0 Å². The Morgan fingerprint density at radius 2 is 2.11 bits per heavy atom. The van der Waals surface area contributed by atoms with Crippen molar-refractivity contribution >= 4 is 12.6 Å². The fraction of sp³-hybridized carbons (Fsp3) is 1.00. The average Bonchev–Trinajstić information content (AvgIpc) is 2.10. The topological polar surface area (TPSA) is 0 Å². The lowest BCUT2D eigenvalue weighted by molar-refractivity contribution is 0.407. The number of hydrogen-bond donors (Lipinski definition) is 1. The summed E-state index contributed by atoms with van der Waals surface area (Å²) in [6.45, 7) is 4.64. The molecule has 0 radical (unpaired) electrons. The van der Waals surface area contributed by atoms with E-state index in [1.54, 1.807) is 0 Å². The van der Waals surface area contributed by atoms with Gasteiger partial charge in [0.05, 0.1) is 0 Å². The molecule has 1 aliphatic carbocycles. The van der Waals surface area contributed by atoms with Gasteiger partial charge in [-0.15, -0.1) is 0 Å². The van der Waals surface area contributed by atoms with Gasteiger partial charge in [-0.25, -0.2) is 0 Å². The van der Waals surface area contributed by atoms with Crippen molar-refractivity contribution in [3.05, 3.63) is 0 Å². The van der Waals surface area contributed by atoms with Crippen LogP contribution in [-0.4, -0.2) is 5.25 Å². The normalized spacial score (nSPS) is 43.7. The first-order chi connectivity index (χ1) is 4.24. The first kappa shape index (κ1) is 7.46. The first-order valence-electron chi connectivity index (χ1n) is 3.92. The van der Waals surface area contributed by atoms with E-state index in [9.17, 15) is 0 Å². The number of thiol groups is 1. The van der Waals surface area contributed by atoms with Crippen molar-refractivity contribution in [2.45, 2.75) is 38.4 Å². The maximum absolute atomic E-state index is 4.46. The monoisotopic (exact) mass is 144 g/mol. The predicted octanol–water partition coefficient (Wildman–Crippen LogP) is 2.74. The van der Waals surface area contributed by atoms with Crippen LogP contribution >= 0.6 is 12.6 Å². The maximum Gasteiger partial charge on any atom is 0.00221 e. The summed E-state index contributed by atoms with van der Waals surface area (Å²) in [5, 5.41) is 0.699. The van der Waals surface area contributed by atoms with Crippen molar-refractivity contribution < 1.29 is 0 Å². The summed E-state index contributed by atoms with van der Waals surface area (Å²) in [7, 11) is 0. The molecule has 0 saturated heterocycles. The molecular formula is C8H16S. The van der Waals surface area contributed by atoms with Gasteiger partial charge >= 0.3 is 0 Å². The van der Waals surface area contributed by atoms with Crippen LogP contribution in [-0.2, 0) is 0 Å². The third kappa shape index (κ3) is 1.64. The Hall–Kier alpha value is 0.350. The Labute approximate surface area is 63.4 Å². The zero-order chi connectivity index (χ0) is 6.85. The third-order valence-corrected chi connectivity index (χ3v) is 2.97. The van der Waals surface area contributed by atoms with E-state index in [0.29, 0.717) is 5.25 Å². The van der Waals surface area contributed by atoms with Crippen LogP contribution in [0.3, 0.4) is 0 Å². The Morgan fingerprint density at radius 1 is 1.44 bits per heavy atom. The molecule has 54 valence electrons. The third-order valence-electron chi connectivity index (χ3n) is 2.55. The molecule has 0 aromatic carbocycles. The molecule has 9 heavy (non-hydrogen) atoms. The molecule has 0 nitrogen and oxygen atoms in total. The summed E-state index contributed by atoms with van der Waals surface area (Å²) in [6, 6.07) is 0. The molecule has 0 N–H and O–H groups in total. The van der Waals surface area contributed by atoms with Crippen LogP contribution in [0, 0.1) is 11.8 Å². The molecule has 1 fully saturated rings. The van der Waals surface area contributed by atoms with Crippen molar-refractivity contribution in [3.8, 4) is 0 Å². The van der Waals surface area contributed by atoms with Crippen LogP contribution in [0.1, 0.15) is 33.1 Å². The van der Waals surface area contributed by atoms with Gasteiger partial charge < -0.3 is 0 Å². The molecule has 1 rings (SSSR count). The van der Waals surface area contributed by atoms with E-state index < -0.39 is 0 Å². The van der Waals surface area contributed by atoms with Crippen molar-refractivity contribution in [2.24, 2.45) is 11.8 Å². The second kappa shape index (κ2) is 2.96. The lowest BCUT2D eigenvalue weighted by Crippen LogP contribution is -2.00. The van der Waals surface area contributed by atoms with Crippen molar-refractivity contribution in [2.75, 3.05) is 0 Å². The molecule has 1 saturated carbocycles. The van der Waals surface area contributed by atoms with Crippen LogP contribution in [0.25, 0.3) is 0 Å². The van der Waals surface area contributed by atoms with Crippen LogP contribution in [0.5, 0.6) is 0 Å². The number of hydrogen-bond acceptors (Lipinski definition) is 1. The van der Waals surface area contributed by atoms with Crippen LogP contribution < -0.4 is 0 Å². The highest BCUT2D eigenvalue weighted by Crippen LogP contribution is 2.36. The molecule has 0 aromatic rings. The van der Waals surface area contributed by atoms with E-state index in [1.165, 1.54) is 19.3 Å². The summed E-state index contributed by atoms with van der Waals surface area (Å²) in [5.41, 5.74) is 0. The molecule has 0 amide bonds. The highest BCUT2D eigenvalue weighted by Gasteiger charge is 2.27. The van der Waals surface area contributed by atoms with Gasteiger partial charge in [0.15, 0.2) is 0 Å². The molecule has 0 spiro atoms. The van der Waals surface area contributed by atoms with Crippen LogP contribution in [0.15, 0.2) is 0 Å². The summed E-state index contributed by atoms with van der Waals surface area (Å²) in [5.74, 6) is 1.89. The highest BCUT2D eigenvalue weighted by atomic mass is 32.1. The summed E-state index contributed by atoms with van der Waals surface area (Å²) in [6.07, 6.45) is 4.03. The first-order valence-corrected chi connectivity index (χ1v) is 4.43. The summed E-state index contributed by atoms with van der Waals surface area (Å²) >= 11 is 4.46. The van der Waals surface area contributed by atoms with Crippen molar-refractivity contribution in [1.82, 2.24) is 0 Å². The fourth-order valence-electron chi connectivity index (χ4n) is 1.87. The molecule has 1 heteroatoms. The minimum Gasteiger partial charge on any atom is -0.176 e. The van der Waals surface area contributed by atoms with Crippen LogP contribution in [0.4, 0.5) is 0 Å². The summed E-state index contributed by atoms with van der Waals surface area (Å²) < 4.78 is 0. The number of rotatable bonds is 1. The van der Waals surface area contributed by atoms with Gasteiger partial charge in [-0.3, -0.25) is 0 Å². The largest absolute Gasteiger partial charge is 0.176 e. The molecule has 1 aliphatic rings. The van der Waals surface area contributed by atoms with Gasteiger partial charge in [0.1, 0.15) is 0 Å². The van der Waals surface area contributed by atoms with Gasteiger partial charge in [0.25, 0.3) is 0 Å². The van der Waals surface area contributed by atoms with Gasteiger partial charge in [-0.05, 0) is 24.7 Å². The smallest absolute Gasteiger partial charge is 0.00221 e. The maximum atomic E-state index is 4.46. The molecule has 0 heterocycles. The minimum absolute atomic E-state index is 0.699. The highest BCUT2D eigenvalue weighted by molar-refractivity contribution is 7.80. The van der Waals surface area contributed by atoms with Gasteiger partial charge in [-0.2, -0.15) is 12.6 Å². The zero-order valence-electron chi connectivity index (χ0n) is 6.30. The molecular weight excluding hydrogens is 128 g/mol. The quantitative estimate of drug-likeness (QED) is 0.537. The summed E-state index contributed by atoms with van der Waals surface area (Å²) in [4.78, 5) is 0. The second-order valence-corrected chi connectivity index (χ2v) is 4.00. The van der Waals surface area contributed by atoms with Crippen LogP contribution in [0.2, 0.25) is 0 Å². The molecule has 0 aliphatic heterocycles. The Morgan fingerprint density at radius 3 is 2.33 bits per heavy atom.